The first-order valence-electron chi connectivity index (χ1n) is 6.16. The molecule has 1 heterocycles. The highest BCUT2D eigenvalue weighted by molar-refractivity contribution is 5.96. The minimum Gasteiger partial charge on any atom is -0.504 e. The topological polar surface area (TPSA) is 97.0 Å². The molecule has 7 heteroatoms. The Hall–Kier alpha value is -2.83. The Kier molecular flexibility index (Phi) is 4.22. The van der Waals surface area contributed by atoms with E-state index in [1.54, 1.807) is 26.0 Å². The molecule has 2 aromatic rings. The highest BCUT2D eigenvalue weighted by Crippen LogP contribution is 2.25. The summed E-state index contributed by atoms with van der Waals surface area (Å²) in [6.45, 7) is 3.34. The van der Waals surface area contributed by atoms with E-state index in [-0.39, 0.29) is 5.75 Å². The molecule has 2 rings (SSSR count). The van der Waals surface area contributed by atoms with Crippen LogP contribution in [0.4, 0.5) is 0 Å². The third kappa shape index (κ3) is 3.19. The zero-order valence-corrected chi connectivity index (χ0v) is 11.9. The van der Waals surface area contributed by atoms with E-state index in [1.807, 2.05) is 0 Å². The van der Waals surface area contributed by atoms with Gasteiger partial charge in [0.1, 0.15) is 11.3 Å². The molecule has 1 amide bonds. The van der Waals surface area contributed by atoms with Crippen LogP contribution < -0.4 is 10.2 Å². The molecule has 0 radical (unpaired) electrons. The number of ether oxygens (including phenoxy) is 1. The minimum absolute atomic E-state index is 0.0365. The summed E-state index contributed by atoms with van der Waals surface area (Å²) in [5, 5.41) is 17.0. The van der Waals surface area contributed by atoms with E-state index in [9.17, 15) is 9.90 Å². The maximum absolute atomic E-state index is 11.9. The van der Waals surface area contributed by atoms with Gasteiger partial charge in [-0.3, -0.25) is 4.79 Å². The Morgan fingerprint density at radius 2 is 2.24 bits per heavy atom. The number of carbonyl (C=O) groups excluding carboxylic acids is 1. The van der Waals surface area contributed by atoms with Crippen molar-refractivity contribution in [1.82, 2.24) is 10.6 Å². The zero-order chi connectivity index (χ0) is 15.4. The van der Waals surface area contributed by atoms with Crippen LogP contribution in [0.15, 0.2) is 27.8 Å². The number of benzene rings is 1. The largest absolute Gasteiger partial charge is 0.504 e. The molecule has 110 valence electrons. The van der Waals surface area contributed by atoms with Crippen LogP contribution in [0, 0.1) is 13.8 Å². The lowest BCUT2D eigenvalue weighted by atomic mass is 10.2. The summed E-state index contributed by atoms with van der Waals surface area (Å²) < 4.78 is 9.90. The quantitative estimate of drug-likeness (QED) is 0.660. The molecule has 1 aromatic heterocycles. The van der Waals surface area contributed by atoms with E-state index in [1.165, 1.54) is 19.4 Å². The number of phenolic OH excluding ortho intramolecular Hbond substituents is 1. The first-order chi connectivity index (χ1) is 10.0. The number of nitrogens with zero attached hydrogens (tertiary/aromatic N) is 2. The molecule has 0 aliphatic carbocycles. The Balaban J connectivity index is 2.07. The third-order valence-electron chi connectivity index (χ3n) is 2.84. The maximum Gasteiger partial charge on any atom is 0.276 e. The van der Waals surface area contributed by atoms with Crippen LogP contribution in [-0.2, 0) is 0 Å². The van der Waals surface area contributed by atoms with Gasteiger partial charge in [0.05, 0.1) is 19.0 Å². The van der Waals surface area contributed by atoms with Crippen molar-refractivity contribution in [1.29, 1.82) is 0 Å². The molecule has 0 spiro atoms. The van der Waals surface area contributed by atoms with Crippen LogP contribution >= 0.6 is 0 Å². The number of hydrogen-bond acceptors (Lipinski definition) is 6. The van der Waals surface area contributed by atoms with Gasteiger partial charge in [0.2, 0.25) is 0 Å². The van der Waals surface area contributed by atoms with Gasteiger partial charge in [-0.15, -0.1) is 0 Å². The summed E-state index contributed by atoms with van der Waals surface area (Å²) >= 11 is 0. The number of carbonyl (C=O) groups is 1. The standard InChI is InChI=1S/C14H15N3O4/c1-8-13(9(2)21-17-8)14(19)16-15-7-10-4-5-11(18)12(6-10)20-3/h4-7,18H,1-3H3,(H,16,19)/b15-7+. The van der Waals surface area contributed by atoms with Crippen LogP contribution in [0.3, 0.4) is 0 Å². The number of aromatic nitrogens is 1. The van der Waals surface area contributed by atoms with Gasteiger partial charge in [0, 0.05) is 0 Å². The molecule has 1 aromatic carbocycles. The Bertz CT molecular complexity index is 672. The van der Waals surface area contributed by atoms with Crippen molar-refractivity contribution in [2.45, 2.75) is 13.8 Å². The fourth-order valence-electron chi connectivity index (χ4n) is 1.80. The molecule has 21 heavy (non-hydrogen) atoms. The van der Waals surface area contributed by atoms with E-state index in [0.29, 0.717) is 28.3 Å². The second-order valence-corrected chi connectivity index (χ2v) is 4.33. The predicted molar refractivity (Wildman–Crippen MR) is 75.7 cm³/mol. The van der Waals surface area contributed by atoms with Crippen LogP contribution in [0.2, 0.25) is 0 Å². The highest BCUT2D eigenvalue weighted by Gasteiger charge is 2.16. The summed E-state index contributed by atoms with van der Waals surface area (Å²) in [5.41, 5.74) is 3.94. The fraction of sp³-hybridized carbons (Fsp3) is 0.214. The number of amides is 1. The van der Waals surface area contributed by atoms with Gasteiger partial charge >= 0.3 is 0 Å². The van der Waals surface area contributed by atoms with E-state index in [2.05, 4.69) is 15.7 Å². The molecule has 0 saturated carbocycles. The molecule has 0 atom stereocenters. The molecular weight excluding hydrogens is 274 g/mol. The van der Waals surface area contributed by atoms with Gasteiger partial charge in [-0.25, -0.2) is 5.43 Å². The second-order valence-electron chi connectivity index (χ2n) is 4.33. The molecule has 0 bridgehead atoms. The molecule has 7 nitrogen and oxygen atoms in total. The van der Waals surface area contributed by atoms with Crippen LogP contribution in [0.5, 0.6) is 11.5 Å². The molecule has 0 aliphatic rings. The number of nitrogens with one attached hydrogen (secondary N) is 1. The lowest BCUT2D eigenvalue weighted by molar-refractivity contribution is 0.0953. The lowest BCUT2D eigenvalue weighted by Gasteiger charge is -2.03. The van der Waals surface area contributed by atoms with Crippen molar-refractivity contribution in [2.75, 3.05) is 7.11 Å². The van der Waals surface area contributed by atoms with Gasteiger partial charge in [-0.05, 0) is 37.6 Å². The number of aryl methyl sites for hydroxylation is 2. The second kappa shape index (κ2) is 6.08. The summed E-state index contributed by atoms with van der Waals surface area (Å²) in [4.78, 5) is 11.9. The summed E-state index contributed by atoms with van der Waals surface area (Å²) in [6, 6.07) is 4.72. The molecule has 0 saturated heterocycles. The van der Waals surface area contributed by atoms with Gasteiger partial charge in [-0.1, -0.05) is 5.16 Å². The maximum atomic E-state index is 11.9. The van der Waals surface area contributed by atoms with Crippen molar-refractivity contribution in [3.63, 3.8) is 0 Å². The van der Waals surface area contributed by atoms with Crippen molar-refractivity contribution in [3.05, 3.63) is 40.8 Å². The summed E-state index contributed by atoms with van der Waals surface area (Å²) in [7, 11) is 1.45. The van der Waals surface area contributed by atoms with Crippen LogP contribution in [0.25, 0.3) is 0 Å². The van der Waals surface area contributed by atoms with E-state index >= 15 is 0 Å². The highest BCUT2D eigenvalue weighted by atomic mass is 16.5. The Labute approximate surface area is 121 Å². The molecule has 2 N–H and O–H groups in total. The average molecular weight is 289 g/mol. The molecule has 0 fully saturated rings. The first-order valence-corrected chi connectivity index (χ1v) is 6.16. The summed E-state index contributed by atoms with van der Waals surface area (Å²) in [5.74, 6) is 0.408. The van der Waals surface area contributed by atoms with Gasteiger partial charge in [0.15, 0.2) is 11.5 Å². The number of methoxy groups -OCH3 is 1. The van der Waals surface area contributed by atoms with E-state index in [4.69, 9.17) is 9.26 Å². The Morgan fingerprint density at radius 3 is 2.86 bits per heavy atom. The minimum atomic E-state index is -0.395. The van der Waals surface area contributed by atoms with Gasteiger partial charge < -0.3 is 14.4 Å². The van der Waals surface area contributed by atoms with Crippen LogP contribution in [-0.4, -0.2) is 29.5 Å². The fourth-order valence-corrected chi connectivity index (χ4v) is 1.80. The number of hydrazone groups is 1. The number of aromatic hydroxyl groups is 1. The lowest BCUT2D eigenvalue weighted by Crippen LogP contribution is -2.18. The molecular formula is C14H15N3O4. The van der Waals surface area contributed by atoms with Crippen molar-refractivity contribution >= 4 is 12.1 Å². The SMILES string of the molecule is COc1cc(/C=N/NC(=O)c2c(C)noc2C)ccc1O. The third-order valence-corrected chi connectivity index (χ3v) is 2.84. The monoisotopic (exact) mass is 289 g/mol. The zero-order valence-electron chi connectivity index (χ0n) is 11.9. The van der Waals surface area contributed by atoms with Crippen molar-refractivity contribution in [3.8, 4) is 11.5 Å². The molecule has 0 aliphatic heterocycles. The van der Waals surface area contributed by atoms with Crippen molar-refractivity contribution < 1.29 is 19.2 Å². The Morgan fingerprint density at radius 1 is 1.48 bits per heavy atom. The van der Waals surface area contributed by atoms with Gasteiger partial charge in [0.25, 0.3) is 5.91 Å². The van der Waals surface area contributed by atoms with Gasteiger partial charge in [-0.2, -0.15) is 5.10 Å². The number of hydrogen-bond donors (Lipinski definition) is 2. The molecule has 0 unspecified atom stereocenters. The van der Waals surface area contributed by atoms with E-state index < -0.39 is 5.91 Å². The first kappa shape index (κ1) is 14.6. The normalized spacial score (nSPS) is 10.8. The van der Waals surface area contributed by atoms with E-state index in [0.717, 1.165) is 0 Å². The van der Waals surface area contributed by atoms with Crippen molar-refractivity contribution in [2.24, 2.45) is 5.10 Å². The average Bonchev–Trinajstić information content (AvgIpc) is 2.80. The summed E-state index contributed by atoms with van der Waals surface area (Å²) in [6.07, 6.45) is 1.44. The van der Waals surface area contributed by atoms with Crippen LogP contribution in [0.1, 0.15) is 27.4 Å². The predicted octanol–water partition coefficient (Wildman–Crippen LogP) is 1.77. The number of rotatable bonds is 4. The smallest absolute Gasteiger partial charge is 0.276 e. The number of phenols is 1.